The van der Waals surface area contributed by atoms with E-state index in [1.807, 2.05) is 6.92 Å². The minimum atomic E-state index is -0.254. The first-order valence-corrected chi connectivity index (χ1v) is 8.22. The number of nitrogens with zero attached hydrogens (tertiary/aromatic N) is 5. The van der Waals surface area contributed by atoms with Crippen molar-refractivity contribution in [3.8, 4) is 11.5 Å². The second-order valence-electron chi connectivity index (χ2n) is 6.10. The molecule has 0 bridgehead atoms. The fraction of sp³-hybridized carbons (Fsp3) is 0.222. The van der Waals surface area contributed by atoms with Crippen molar-refractivity contribution in [3.63, 3.8) is 0 Å². The number of rotatable bonds is 2. The van der Waals surface area contributed by atoms with Crippen LogP contribution >= 0.6 is 0 Å². The lowest BCUT2D eigenvalue weighted by molar-refractivity contribution is 0.0732. The van der Waals surface area contributed by atoms with Gasteiger partial charge in [-0.2, -0.15) is 0 Å². The van der Waals surface area contributed by atoms with Crippen LogP contribution in [0, 0.1) is 6.92 Å². The summed E-state index contributed by atoms with van der Waals surface area (Å²) in [5.74, 6) is 0.255. The predicted octanol–water partition coefficient (Wildman–Crippen LogP) is 1.13. The Kier molecular flexibility index (Phi) is 4.00. The number of aromatic nitrogens is 5. The smallest absolute Gasteiger partial charge is 0.256 e. The number of hydrogen-bond donors (Lipinski definition) is 1. The molecule has 1 N–H and O–H groups in total. The Morgan fingerprint density at radius 3 is 2.81 bits per heavy atom. The number of nitrogens with one attached hydrogen (secondary N) is 1. The summed E-state index contributed by atoms with van der Waals surface area (Å²) in [5, 5.41) is 0. The maximum Gasteiger partial charge on any atom is 0.256 e. The molecule has 3 aromatic heterocycles. The van der Waals surface area contributed by atoms with Crippen LogP contribution in [0.1, 0.15) is 27.3 Å². The van der Waals surface area contributed by atoms with E-state index in [9.17, 15) is 9.59 Å². The van der Waals surface area contributed by atoms with Crippen molar-refractivity contribution in [2.24, 2.45) is 0 Å². The van der Waals surface area contributed by atoms with E-state index in [0.717, 1.165) is 5.69 Å². The Morgan fingerprint density at radius 1 is 1.19 bits per heavy atom. The summed E-state index contributed by atoms with van der Waals surface area (Å²) in [6.45, 7) is 2.59. The number of carbonyl (C=O) groups is 1. The van der Waals surface area contributed by atoms with Crippen molar-refractivity contribution in [3.05, 3.63) is 69.8 Å². The van der Waals surface area contributed by atoms with Gasteiger partial charge in [-0.1, -0.05) is 0 Å². The van der Waals surface area contributed by atoms with Crippen molar-refractivity contribution < 1.29 is 4.79 Å². The molecule has 0 unspecified atom stereocenters. The standard InChI is InChI=1S/C18H16N6O2/c1-11-2-3-12(8-21-11)18(26)24-7-4-14-13(10-24)17(25)23-16(22-14)15-9-19-5-6-20-15/h2-3,5-6,8-9H,4,7,10H2,1H3,(H,22,23,25). The highest BCUT2D eigenvalue weighted by molar-refractivity contribution is 5.94. The maximum absolute atomic E-state index is 12.7. The van der Waals surface area contributed by atoms with Gasteiger partial charge in [-0.3, -0.25) is 19.6 Å². The van der Waals surface area contributed by atoms with Gasteiger partial charge < -0.3 is 9.88 Å². The number of aromatic amines is 1. The fourth-order valence-electron chi connectivity index (χ4n) is 2.92. The highest BCUT2D eigenvalue weighted by atomic mass is 16.2. The molecule has 4 rings (SSSR count). The molecule has 0 spiro atoms. The minimum Gasteiger partial charge on any atom is -0.334 e. The SMILES string of the molecule is Cc1ccc(C(=O)N2CCc3nc(-c4cnccn4)[nH]c(=O)c3C2)cn1. The zero-order valence-corrected chi connectivity index (χ0v) is 14.1. The van der Waals surface area contributed by atoms with Crippen molar-refractivity contribution >= 4 is 5.91 Å². The van der Waals surface area contributed by atoms with Gasteiger partial charge in [0.15, 0.2) is 5.82 Å². The van der Waals surface area contributed by atoms with Crippen LogP contribution < -0.4 is 5.56 Å². The number of H-pyrrole nitrogens is 1. The Morgan fingerprint density at radius 2 is 2.08 bits per heavy atom. The number of pyridine rings is 1. The molecule has 4 heterocycles. The molecule has 0 saturated heterocycles. The molecular formula is C18H16N6O2. The molecule has 0 atom stereocenters. The zero-order valence-electron chi connectivity index (χ0n) is 14.1. The lowest BCUT2D eigenvalue weighted by Crippen LogP contribution is -2.39. The van der Waals surface area contributed by atoms with Crippen molar-refractivity contribution in [1.29, 1.82) is 0 Å². The van der Waals surface area contributed by atoms with Gasteiger partial charge in [0.1, 0.15) is 5.69 Å². The monoisotopic (exact) mass is 348 g/mol. The average molecular weight is 348 g/mol. The first-order valence-electron chi connectivity index (χ1n) is 8.22. The third-order valence-electron chi connectivity index (χ3n) is 4.32. The van der Waals surface area contributed by atoms with Gasteiger partial charge in [0.2, 0.25) is 0 Å². The van der Waals surface area contributed by atoms with E-state index in [-0.39, 0.29) is 18.0 Å². The number of hydrogen-bond acceptors (Lipinski definition) is 6. The highest BCUT2D eigenvalue weighted by Gasteiger charge is 2.25. The van der Waals surface area contributed by atoms with Crippen LogP contribution in [-0.2, 0) is 13.0 Å². The summed E-state index contributed by atoms with van der Waals surface area (Å²) in [4.78, 5) is 46.4. The number of carbonyl (C=O) groups excluding carboxylic acids is 1. The van der Waals surface area contributed by atoms with E-state index in [1.54, 1.807) is 41.8 Å². The third kappa shape index (κ3) is 2.97. The summed E-state index contributed by atoms with van der Waals surface area (Å²) in [6, 6.07) is 3.55. The first-order chi connectivity index (χ1) is 12.6. The van der Waals surface area contributed by atoms with Crippen LogP contribution in [0.3, 0.4) is 0 Å². The van der Waals surface area contributed by atoms with Crippen LogP contribution in [0.2, 0.25) is 0 Å². The largest absolute Gasteiger partial charge is 0.334 e. The summed E-state index contributed by atoms with van der Waals surface area (Å²) in [7, 11) is 0. The average Bonchev–Trinajstić information content (AvgIpc) is 2.68. The Labute approximate surface area is 149 Å². The molecule has 8 heteroatoms. The molecule has 130 valence electrons. The summed E-state index contributed by atoms with van der Waals surface area (Å²) < 4.78 is 0. The van der Waals surface area contributed by atoms with Crippen LogP contribution in [0.5, 0.6) is 0 Å². The summed E-state index contributed by atoms with van der Waals surface area (Å²) in [5.41, 5.74) is 2.83. The second-order valence-corrected chi connectivity index (χ2v) is 6.10. The molecule has 0 fully saturated rings. The number of aryl methyl sites for hydroxylation is 1. The topological polar surface area (TPSA) is 105 Å². The molecule has 0 saturated carbocycles. The Hall–Kier alpha value is -3.42. The van der Waals surface area contributed by atoms with Crippen LogP contribution in [-0.4, -0.2) is 42.3 Å². The van der Waals surface area contributed by atoms with Gasteiger partial charge in [-0.25, -0.2) is 9.97 Å². The van der Waals surface area contributed by atoms with E-state index in [2.05, 4.69) is 24.9 Å². The fourth-order valence-corrected chi connectivity index (χ4v) is 2.92. The van der Waals surface area contributed by atoms with Gasteiger partial charge in [0.25, 0.3) is 11.5 Å². The van der Waals surface area contributed by atoms with Gasteiger partial charge in [-0.15, -0.1) is 0 Å². The second kappa shape index (κ2) is 6.47. The molecule has 8 nitrogen and oxygen atoms in total. The van der Waals surface area contributed by atoms with E-state index >= 15 is 0 Å². The Balaban J connectivity index is 1.62. The molecule has 1 aliphatic heterocycles. The van der Waals surface area contributed by atoms with Crippen molar-refractivity contribution in [2.45, 2.75) is 19.9 Å². The molecular weight excluding hydrogens is 332 g/mol. The molecule has 0 aromatic carbocycles. The van der Waals surface area contributed by atoms with Crippen LogP contribution in [0.4, 0.5) is 0 Å². The summed E-state index contributed by atoms with van der Waals surface area (Å²) >= 11 is 0. The van der Waals surface area contributed by atoms with E-state index < -0.39 is 0 Å². The quantitative estimate of drug-likeness (QED) is 0.744. The van der Waals surface area contributed by atoms with Gasteiger partial charge >= 0.3 is 0 Å². The highest BCUT2D eigenvalue weighted by Crippen LogP contribution is 2.18. The van der Waals surface area contributed by atoms with Crippen LogP contribution in [0.15, 0.2) is 41.7 Å². The Bertz CT molecular complexity index is 1010. The van der Waals surface area contributed by atoms with E-state index in [0.29, 0.717) is 41.3 Å². The predicted molar refractivity (Wildman–Crippen MR) is 93.3 cm³/mol. The zero-order chi connectivity index (χ0) is 18.1. The molecule has 26 heavy (non-hydrogen) atoms. The normalized spacial score (nSPS) is 13.3. The first kappa shape index (κ1) is 16.1. The molecule has 1 amide bonds. The molecule has 0 aliphatic carbocycles. The van der Waals surface area contributed by atoms with Gasteiger partial charge in [0.05, 0.1) is 29.6 Å². The van der Waals surface area contributed by atoms with Crippen molar-refractivity contribution in [2.75, 3.05) is 6.54 Å². The lowest BCUT2D eigenvalue weighted by Gasteiger charge is -2.27. The van der Waals surface area contributed by atoms with Gasteiger partial charge in [0, 0.05) is 37.3 Å². The molecule has 0 radical (unpaired) electrons. The lowest BCUT2D eigenvalue weighted by atomic mass is 10.1. The molecule has 3 aromatic rings. The minimum absolute atomic E-state index is 0.138. The number of amides is 1. The number of fused-ring (bicyclic) bond motifs is 1. The summed E-state index contributed by atoms with van der Waals surface area (Å²) in [6.07, 6.45) is 6.73. The maximum atomic E-state index is 12.7. The molecule has 1 aliphatic rings. The van der Waals surface area contributed by atoms with E-state index in [4.69, 9.17) is 0 Å². The van der Waals surface area contributed by atoms with Crippen LogP contribution in [0.25, 0.3) is 11.5 Å². The third-order valence-corrected chi connectivity index (χ3v) is 4.32. The van der Waals surface area contributed by atoms with Crippen molar-refractivity contribution in [1.82, 2.24) is 29.8 Å². The van der Waals surface area contributed by atoms with Gasteiger partial charge in [-0.05, 0) is 19.1 Å². The van der Waals surface area contributed by atoms with E-state index in [1.165, 1.54) is 0 Å².